The molecule has 1 heteroatoms. The number of benzene rings is 2. The molecule has 0 aliphatic heterocycles. The summed E-state index contributed by atoms with van der Waals surface area (Å²) in [5.74, 6) is 0. The van der Waals surface area contributed by atoms with Crippen molar-refractivity contribution in [2.24, 2.45) is 0 Å². The monoisotopic (exact) mass is 226 g/mol. The number of hydrogen-bond acceptors (Lipinski definition) is 1. The molecule has 0 aliphatic rings. The molecule has 1 unspecified atom stereocenters. The van der Waals surface area contributed by atoms with Gasteiger partial charge in [-0.05, 0) is 30.2 Å². The lowest BCUT2D eigenvalue weighted by molar-refractivity contribution is 0.223. The first-order chi connectivity index (χ1) is 8.15. The highest BCUT2D eigenvalue weighted by molar-refractivity contribution is 5.82. The summed E-state index contributed by atoms with van der Waals surface area (Å²) in [6.45, 7) is 4.01. The number of allylic oxidation sites excluding steroid dienone is 1. The van der Waals surface area contributed by atoms with Gasteiger partial charge < -0.3 is 5.11 Å². The van der Waals surface area contributed by atoms with Crippen molar-refractivity contribution in [3.05, 3.63) is 59.7 Å². The molecule has 0 spiro atoms. The third-order valence-electron chi connectivity index (χ3n) is 2.78. The van der Waals surface area contributed by atoms with Gasteiger partial charge in [-0.2, -0.15) is 0 Å². The van der Waals surface area contributed by atoms with Gasteiger partial charge in [0.2, 0.25) is 0 Å². The summed E-state index contributed by atoms with van der Waals surface area (Å²) in [7, 11) is 0. The van der Waals surface area contributed by atoms with Gasteiger partial charge in [0.15, 0.2) is 0 Å². The lowest BCUT2D eigenvalue weighted by Gasteiger charge is -2.08. The topological polar surface area (TPSA) is 20.2 Å². The lowest BCUT2D eigenvalue weighted by Crippen LogP contribution is -2.07. The van der Waals surface area contributed by atoms with Crippen LogP contribution in [0.4, 0.5) is 0 Å². The van der Waals surface area contributed by atoms with E-state index in [0.717, 1.165) is 5.57 Å². The Kier molecular flexibility index (Phi) is 3.60. The van der Waals surface area contributed by atoms with E-state index < -0.39 is 0 Å². The van der Waals surface area contributed by atoms with Crippen LogP contribution < -0.4 is 0 Å². The van der Waals surface area contributed by atoms with E-state index in [1.165, 1.54) is 16.3 Å². The smallest absolute Gasteiger partial charge is 0.0763 e. The van der Waals surface area contributed by atoms with Crippen LogP contribution in [0.15, 0.2) is 54.1 Å². The van der Waals surface area contributed by atoms with Crippen molar-refractivity contribution in [1.82, 2.24) is 0 Å². The highest BCUT2D eigenvalue weighted by Gasteiger charge is 2.03. The summed E-state index contributed by atoms with van der Waals surface area (Å²) in [6, 6.07) is 14.6. The van der Waals surface area contributed by atoms with Gasteiger partial charge >= 0.3 is 0 Å². The van der Waals surface area contributed by atoms with Crippen LogP contribution in [0.3, 0.4) is 0 Å². The number of aliphatic hydroxyl groups is 1. The summed E-state index contributed by atoms with van der Waals surface area (Å²) in [4.78, 5) is 0. The van der Waals surface area contributed by atoms with E-state index in [1.54, 1.807) is 0 Å². The van der Waals surface area contributed by atoms with Crippen LogP contribution in [0, 0.1) is 0 Å². The molecule has 1 N–H and O–H groups in total. The average molecular weight is 226 g/mol. The Hall–Kier alpha value is -1.60. The molecule has 0 aromatic heterocycles. The van der Waals surface area contributed by atoms with Crippen LogP contribution >= 0.6 is 0 Å². The number of aliphatic hydroxyl groups excluding tert-OH is 1. The first kappa shape index (κ1) is 11.9. The molecule has 88 valence electrons. The van der Waals surface area contributed by atoms with Gasteiger partial charge in [0.05, 0.1) is 6.10 Å². The highest BCUT2D eigenvalue weighted by atomic mass is 16.3. The van der Waals surface area contributed by atoms with Gasteiger partial charge in [0, 0.05) is 6.42 Å². The van der Waals surface area contributed by atoms with E-state index in [9.17, 15) is 5.11 Å². The normalized spacial score (nSPS) is 12.4. The number of fused-ring (bicyclic) bond motifs is 1. The van der Waals surface area contributed by atoms with E-state index in [4.69, 9.17) is 0 Å². The second kappa shape index (κ2) is 5.15. The third kappa shape index (κ3) is 3.18. The van der Waals surface area contributed by atoms with Gasteiger partial charge in [-0.15, -0.1) is 0 Å². The maximum atomic E-state index is 9.87. The Morgan fingerprint density at radius 3 is 2.53 bits per heavy atom. The fourth-order valence-corrected chi connectivity index (χ4v) is 2.05. The molecule has 1 nitrogen and oxygen atoms in total. The van der Waals surface area contributed by atoms with E-state index in [-0.39, 0.29) is 6.10 Å². The predicted octanol–water partition coefficient (Wildman–Crippen LogP) is 3.71. The number of rotatable bonds is 3. The Bertz CT molecular complexity index is 536. The van der Waals surface area contributed by atoms with Crippen molar-refractivity contribution in [3.8, 4) is 0 Å². The average Bonchev–Trinajstić information content (AvgIpc) is 2.27. The number of hydrogen-bond donors (Lipinski definition) is 1. The molecular weight excluding hydrogens is 208 g/mol. The molecule has 0 amide bonds. The van der Waals surface area contributed by atoms with Gasteiger partial charge in [-0.3, -0.25) is 0 Å². The van der Waals surface area contributed by atoms with E-state index in [2.05, 4.69) is 30.3 Å². The Labute approximate surface area is 102 Å². The molecule has 1 atom stereocenters. The molecule has 2 aromatic carbocycles. The first-order valence-corrected chi connectivity index (χ1v) is 5.96. The van der Waals surface area contributed by atoms with Crippen molar-refractivity contribution in [2.45, 2.75) is 26.4 Å². The van der Waals surface area contributed by atoms with Crippen molar-refractivity contribution < 1.29 is 5.11 Å². The summed E-state index contributed by atoms with van der Waals surface area (Å²) in [5.41, 5.74) is 2.33. The SMILES string of the molecule is CC(C)=CC(O)Cc1ccc2ccccc2c1. The lowest BCUT2D eigenvalue weighted by atomic mass is 10.0. The minimum absolute atomic E-state index is 0.388. The summed E-state index contributed by atoms with van der Waals surface area (Å²) < 4.78 is 0. The van der Waals surface area contributed by atoms with Gasteiger partial charge in [0.1, 0.15) is 0 Å². The molecule has 0 bridgehead atoms. The van der Waals surface area contributed by atoms with E-state index in [1.807, 2.05) is 32.1 Å². The molecule has 0 radical (unpaired) electrons. The van der Waals surface area contributed by atoms with Crippen molar-refractivity contribution in [1.29, 1.82) is 0 Å². The summed E-state index contributed by atoms with van der Waals surface area (Å²) in [6.07, 6.45) is 2.19. The maximum absolute atomic E-state index is 9.87. The maximum Gasteiger partial charge on any atom is 0.0763 e. The molecule has 0 fully saturated rings. The van der Waals surface area contributed by atoms with E-state index in [0.29, 0.717) is 6.42 Å². The van der Waals surface area contributed by atoms with Crippen LogP contribution in [-0.2, 0) is 6.42 Å². The van der Waals surface area contributed by atoms with Crippen molar-refractivity contribution in [3.63, 3.8) is 0 Å². The van der Waals surface area contributed by atoms with Gasteiger partial charge in [-0.25, -0.2) is 0 Å². The molecule has 2 rings (SSSR count). The van der Waals surface area contributed by atoms with Gasteiger partial charge in [-0.1, -0.05) is 54.1 Å². The van der Waals surface area contributed by atoms with Crippen LogP contribution in [0.2, 0.25) is 0 Å². The second-order valence-electron chi connectivity index (χ2n) is 4.70. The van der Waals surface area contributed by atoms with Gasteiger partial charge in [0.25, 0.3) is 0 Å². The van der Waals surface area contributed by atoms with Crippen molar-refractivity contribution in [2.75, 3.05) is 0 Å². The molecule has 17 heavy (non-hydrogen) atoms. The van der Waals surface area contributed by atoms with Crippen LogP contribution in [0.1, 0.15) is 19.4 Å². The molecule has 2 aromatic rings. The van der Waals surface area contributed by atoms with Crippen LogP contribution in [0.25, 0.3) is 10.8 Å². The van der Waals surface area contributed by atoms with Crippen LogP contribution in [-0.4, -0.2) is 11.2 Å². The minimum Gasteiger partial charge on any atom is -0.389 e. The summed E-state index contributed by atoms with van der Waals surface area (Å²) >= 11 is 0. The Balaban J connectivity index is 2.22. The fraction of sp³-hybridized carbons (Fsp3) is 0.250. The van der Waals surface area contributed by atoms with Crippen molar-refractivity contribution >= 4 is 10.8 Å². The second-order valence-corrected chi connectivity index (χ2v) is 4.70. The zero-order valence-corrected chi connectivity index (χ0v) is 10.4. The first-order valence-electron chi connectivity index (χ1n) is 5.96. The van der Waals surface area contributed by atoms with E-state index >= 15 is 0 Å². The standard InChI is InChI=1S/C16H18O/c1-12(2)9-16(17)11-13-7-8-14-5-3-4-6-15(14)10-13/h3-10,16-17H,11H2,1-2H3. The quantitative estimate of drug-likeness (QED) is 0.791. The Morgan fingerprint density at radius 2 is 1.82 bits per heavy atom. The largest absolute Gasteiger partial charge is 0.389 e. The minimum atomic E-state index is -0.388. The molecule has 0 heterocycles. The predicted molar refractivity (Wildman–Crippen MR) is 73.1 cm³/mol. The molecular formula is C16H18O. The Morgan fingerprint density at radius 1 is 1.12 bits per heavy atom. The molecule has 0 aliphatic carbocycles. The zero-order valence-electron chi connectivity index (χ0n) is 10.4. The zero-order chi connectivity index (χ0) is 12.3. The van der Waals surface area contributed by atoms with Crippen LogP contribution in [0.5, 0.6) is 0 Å². The fourth-order valence-electron chi connectivity index (χ4n) is 2.05. The summed E-state index contributed by atoms with van der Waals surface area (Å²) in [5, 5.41) is 12.3. The molecule has 0 saturated carbocycles. The molecule has 0 saturated heterocycles. The third-order valence-corrected chi connectivity index (χ3v) is 2.78. The highest BCUT2D eigenvalue weighted by Crippen LogP contribution is 2.17.